The van der Waals surface area contributed by atoms with E-state index in [-0.39, 0.29) is 5.91 Å². The maximum absolute atomic E-state index is 11.9. The van der Waals surface area contributed by atoms with Crippen molar-refractivity contribution in [1.29, 1.82) is 0 Å². The molecule has 0 saturated heterocycles. The molecule has 0 radical (unpaired) electrons. The Bertz CT molecular complexity index is 683. The van der Waals surface area contributed by atoms with E-state index in [1.807, 2.05) is 49.4 Å². The summed E-state index contributed by atoms with van der Waals surface area (Å²) in [5, 5.41) is 2.87. The van der Waals surface area contributed by atoms with Crippen molar-refractivity contribution >= 4 is 5.91 Å². The lowest BCUT2D eigenvalue weighted by Gasteiger charge is -2.10. The van der Waals surface area contributed by atoms with Crippen molar-refractivity contribution in [2.45, 2.75) is 19.8 Å². The Morgan fingerprint density at radius 3 is 2.40 bits per heavy atom. The van der Waals surface area contributed by atoms with Crippen LogP contribution in [-0.2, 0) is 11.2 Å². The highest BCUT2D eigenvalue weighted by Gasteiger charge is 2.07. The average molecular weight is 343 g/mol. The number of carbonyl (C=O) groups is 1. The standard InChI is InChI=1S/C20H25NO4/c1-15-4-8-17(9-5-15)25-13-12-21-20(22)11-7-16-6-10-18(23-2)19(14-16)24-3/h4-6,8-10,14H,7,11-13H2,1-3H3,(H,21,22). The first kappa shape index (κ1) is 18.6. The van der Waals surface area contributed by atoms with Gasteiger partial charge in [0.1, 0.15) is 12.4 Å². The Morgan fingerprint density at radius 1 is 1.00 bits per heavy atom. The number of nitrogens with one attached hydrogen (secondary N) is 1. The van der Waals surface area contributed by atoms with Crippen LogP contribution in [-0.4, -0.2) is 33.3 Å². The van der Waals surface area contributed by atoms with Crippen molar-refractivity contribution in [3.63, 3.8) is 0 Å². The van der Waals surface area contributed by atoms with Crippen LogP contribution in [0.1, 0.15) is 17.5 Å². The molecule has 0 aliphatic rings. The summed E-state index contributed by atoms with van der Waals surface area (Å²) in [6, 6.07) is 13.5. The van der Waals surface area contributed by atoms with Gasteiger partial charge in [-0.3, -0.25) is 4.79 Å². The van der Waals surface area contributed by atoms with E-state index >= 15 is 0 Å². The summed E-state index contributed by atoms with van der Waals surface area (Å²) in [6.45, 7) is 2.96. The Labute approximate surface area is 148 Å². The zero-order valence-corrected chi connectivity index (χ0v) is 15.0. The zero-order chi connectivity index (χ0) is 18.1. The van der Waals surface area contributed by atoms with Crippen LogP contribution < -0.4 is 19.5 Å². The Kier molecular flexibility index (Phi) is 7.14. The molecule has 5 nitrogen and oxygen atoms in total. The molecule has 2 rings (SSSR count). The molecule has 1 amide bonds. The minimum atomic E-state index is 0.00212. The fraction of sp³-hybridized carbons (Fsp3) is 0.350. The van der Waals surface area contributed by atoms with E-state index in [4.69, 9.17) is 14.2 Å². The van der Waals surface area contributed by atoms with Crippen LogP contribution in [0.5, 0.6) is 17.2 Å². The van der Waals surface area contributed by atoms with Gasteiger partial charge in [0.2, 0.25) is 5.91 Å². The highest BCUT2D eigenvalue weighted by molar-refractivity contribution is 5.76. The number of ether oxygens (including phenoxy) is 3. The quantitative estimate of drug-likeness (QED) is 0.711. The summed E-state index contributed by atoms with van der Waals surface area (Å²) in [5.74, 6) is 2.17. The van der Waals surface area contributed by atoms with Gasteiger partial charge in [-0.2, -0.15) is 0 Å². The van der Waals surface area contributed by atoms with Crippen LogP contribution in [0, 0.1) is 6.92 Å². The molecule has 5 heteroatoms. The molecule has 0 aliphatic carbocycles. The predicted molar refractivity (Wildman–Crippen MR) is 97.6 cm³/mol. The third kappa shape index (κ3) is 6.03. The smallest absolute Gasteiger partial charge is 0.220 e. The van der Waals surface area contributed by atoms with E-state index in [1.54, 1.807) is 14.2 Å². The van der Waals surface area contributed by atoms with Gasteiger partial charge < -0.3 is 19.5 Å². The molecule has 0 heterocycles. The number of aryl methyl sites for hydroxylation is 2. The molecule has 2 aromatic carbocycles. The van der Waals surface area contributed by atoms with Crippen molar-refractivity contribution in [2.24, 2.45) is 0 Å². The van der Waals surface area contributed by atoms with Crippen LogP contribution >= 0.6 is 0 Å². The molecule has 0 bridgehead atoms. The average Bonchev–Trinajstić information content (AvgIpc) is 2.64. The predicted octanol–water partition coefficient (Wildman–Crippen LogP) is 3.14. The minimum Gasteiger partial charge on any atom is -0.493 e. The molecule has 0 aromatic heterocycles. The number of hydrogen-bond acceptors (Lipinski definition) is 4. The van der Waals surface area contributed by atoms with Gasteiger partial charge in [0.15, 0.2) is 11.5 Å². The van der Waals surface area contributed by atoms with Crippen LogP contribution in [0.15, 0.2) is 42.5 Å². The highest BCUT2D eigenvalue weighted by atomic mass is 16.5. The summed E-state index contributed by atoms with van der Waals surface area (Å²) < 4.78 is 16.1. The highest BCUT2D eigenvalue weighted by Crippen LogP contribution is 2.27. The van der Waals surface area contributed by atoms with E-state index in [9.17, 15) is 4.79 Å². The number of hydrogen-bond donors (Lipinski definition) is 1. The Morgan fingerprint density at radius 2 is 1.72 bits per heavy atom. The van der Waals surface area contributed by atoms with Crippen molar-refractivity contribution < 1.29 is 19.0 Å². The largest absolute Gasteiger partial charge is 0.493 e. The third-order valence-electron chi connectivity index (χ3n) is 3.80. The van der Waals surface area contributed by atoms with Crippen molar-refractivity contribution in [2.75, 3.05) is 27.4 Å². The first-order valence-electron chi connectivity index (χ1n) is 8.29. The molecule has 0 saturated carbocycles. The monoisotopic (exact) mass is 343 g/mol. The maximum Gasteiger partial charge on any atom is 0.220 e. The van der Waals surface area contributed by atoms with Gasteiger partial charge >= 0.3 is 0 Å². The van der Waals surface area contributed by atoms with Gasteiger partial charge in [-0.25, -0.2) is 0 Å². The van der Waals surface area contributed by atoms with Gasteiger partial charge in [0.25, 0.3) is 0 Å². The lowest BCUT2D eigenvalue weighted by atomic mass is 10.1. The van der Waals surface area contributed by atoms with Gasteiger partial charge in [-0.15, -0.1) is 0 Å². The fourth-order valence-corrected chi connectivity index (χ4v) is 2.38. The van der Waals surface area contributed by atoms with Gasteiger partial charge in [-0.1, -0.05) is 23.8 Å². The van der Waals surface area contributed by atoms with Crippen LogP contribution in [0.4, 0.5) is 0 Å². The molecule has 2 aromatic rings. The summed E-state index contributed by atoms with van der Waals surface area (Å²) in [5.41, 5.74) is 2.22. The normalized spacial score (nSPS) is 10.2. The van der Waals surface area contributed by atoms with Crippen LogP contribution in [0.2, 0.25) is 0 Å². The number of carbonyl (C=O) groups excluding carboxylic acids is 1. The molecular weight excluding hydrogens is 318 g/mol. The van der Waals surface area contributed by atoms with Gasteiger partial charge in [0.05, 0.1) is 20.8 Å². The molecule has 0 atom stereocenters. The van der Waals surface area contributed by atoms with Crippen molar-refractivity contribution in [1.82, 2.24) is 5.32 Å². The molecule has 25 heavy (non-hydrogen) atoms. The lowest BCUT2D eigenvalue weighted by molar-refractivity contribution is -0.121. The Hall–Kier alpha value is -2.69. The summed E-state index contributed by atoms with van der Waals surface area (Å²) >= 11 is 0. The van der Waals surface area contributed by atoms with E-state index in [0.29, 0.717) is 37.5 Å². The number of methoxy groups -OCH3 is 2. The first-order chi connectivity index (χ1) is 12.1. The van der Waals surface area contributed by atoms with E-state index in [0.717, 1.165) is 11.3 Å². The lowest BCUT2D eigenvalue weighted by Crippen LogP contribution is -2.28. The molecule has 0 spiro atoms. The minimum absolute atomic E-state index is 0.00212. The van der Waals surface area contributed by atoms with E-state index in [1.165, 1.54) is 5.56 Å². The van der Waals surface area contributed by atoms with Crippen LogP contribution in [0.3, 0.4) is 0 Å². The first-order valence-corrected chi connectivity index (χ1v) is 8.29. The second kappa shape index (κ2) is 9.57. The van der Waals surface area contributed by atoms with Crippen molar-refractivity contribution in [3.05, 3.63) is 53.6 Å². The molecule has 134 valence electrons. The zero-order valence-electron chi connectivity index (χ0n) is 15.0. The molecule has 0 aliphatic heterocycles. The van der Waals surface area contributed by atoms with Crippen LogP contribution in [0.25, 0.3) is 0 Å². The summed E-state index contributed by atoms with van der Waals surface area (Å²) in [6.07, 6.45) is 1.06. The molecular formula is C20H25NO4. The topological polar surface area (TPSA) is 56.8 Å². The van der Waals surface area contributed by atoms with Crippen molar-refractivity contribution in [3.8, 4) is 17.2 Å². The SMILES string of the molecule is COc1ccc(CCC(=O)NCCOc2ccc(C)cc2)cc1OC. The molecule has 0 fully saturated rings. The van der Waals surface area contributed by atoms with E-state index in [2.05, 4.69) is 5.32 Å². The second-order valence-electron chi connectivity index (χ2n) is 5.70. The van der Waals surface area contributed by atoms with E-state index < -0.39 is 0 Å². The number of benzene rings is 2. The number of amides is 1. The second-order valence-corrected chi connectivity index (χ2v) is 5.70. The summed E-state index contributed by atoms with van der Waals surface area (Å²) in [4.78, 5) is 11.9. The summed E-state index contributed by atoms with van der Waals surface area (Å²) in [7, 11) is 3.20. The molecule has 0 unspecified atom stereocenters. The fourth-order valence-electron chi connectivity index (χ4n) is 2.38. The van der Waals surface area contributed by atoms with Gasteiger partial charge in [0, 0.05) is 6.42 Å². The Balaban J connectivity index is 1.69. The number of rotatable bonds is 9. The third-order valence-corrected chi connectivity index (χ3v) is 3.80. The van der Waals surface area contributed by atoms with Gasteiger partial charge in [-0.05, 0) is 43.2 Å². The maximum atomic E-state index is 11.9. The molecule has 1 N–H and O–H groups in total.